The number of hydrogen-bond donors (Lipinski definition) is 0. The molecule has 1 aromatic heterocycles. The maximum Gasteiger partial charge on any atom is 0.292 e. The molecule has 3 heterocycles. The summed E-state index contributed by atoms with van der Waals surface area (Å²) in [4.78, 5) is 14.4. The van der Waals surface area contributed by atoms with E-state index in [-0.39, 0.29) is 12.0 Å². The fraction of sp³-hybridized carbons (Fsp3) is 0.765. The van der Waals surface area contributed by atoms with Crippen LogP contribution in [0.2, 0.25) is 0 Å². The van der Waals surface area contributed by atoms with Crippen molar-refractivity contribution in [3.05, 3.63) is 17.5 Å². The molecule has 2 aliphatic heterocycles. The van der Waals surface area contributed by atoms with Gasteiger partial charge in [-0.05, 0) is 19.8 Å². The molecular formula is C17H26N2O4. The third-order valence-corrected chi connectivity index (χ3v) is 4.95. The lowest BCUT2D eigenvalue weighted by atomic mass is 9.99. The van der Waals surface area contributed by atoms with Crippen molar-refractivity contribution >= 4 is 5.91 Å². The Morgan fingerprint density at radius 2 is 2.09 bits per heavy atom. The van der Waals surface area contributed by atoms with Crippen molar-refractivity contribution in [1.82, 2.24) is 10.1 Å². The molecule has 2 fully saturated rings. The first-order valence-electron chi connectivity index (χ1n) is 8.64. The maximum atomic E-state index is 12.6. The first kappa shape index (κ1) is 16.5. The summed E-state index contributed by atoms with van der Waals surface area (Å²) in [6, 6.07) is 1.80. The van der Waals surface area contributed by atoms with Gasteiger partial charge in [-0.3, -0.25) is 4.79 Å². The molecule has 2 aliphatic rings. The van der Waals surface area contributed by atoms with Gasteiger partial charge in [0.1, 0.15) is 0 Å². The van der Waals surface area contributed by atoms with Gasteiger partial charge < -0.3 is 18.9 Å². The lowest BCUT2D eigenvalue weighted by Crippen LogP contribution is -2.47. The summed E-state index contributed by atoms with van der Waals surface area (Å²) in [5.41, 5.74) is 0.878. The number of carbonyl (C=O) groups excluding carboxylic acids is 1. The van der Waals surface area contributed by atoms with E-state index in [2.05, 4.69) is 19.0 Å². The van der Waals surface area contributed by atoms with E-state index in [1.165, 1.54) is 0 Å². The van der Waals surface area contributed by atoms with Crippen LogP contribution in [0.15, 0.2) is 10.6 Å². The number of piperidine rings is 1. The summed E-state index contributed by atoms with van der Waals surface area (Å²) in [5, 5.41) is 4.08. The summed E-state index contributed by atoms with van der Waals surface area (Å²) in [6.07, 6.45) is 3.53. The van der Waals surface area contributed by atoms with Crippen LogP contribution in [0.3, 0.4) is 0 Å². The maximum absolute atomic E-state index is 12.6. The van der Waals surface area contributed by atoms with Gasteiger partial charge in [0, 0.05) is 37.9 Å². The summed E-state index contributed by atoms with van der Waals surface area (Å²) in [6.45, 7) is 8.13. The molecule has 0 N–H and O–H groups in total. The standard InChI is InChI=1S/C17H26N2O4/c1-4-13(5-2)14-10-15(23-18-14)16(20)19-8-6-17(7-9-19)21-11-12(3)22-17/h10,12-13H,4-9,11H2,1-3H3/t12-/m0/s1. The Balaban J connectivity index is 1.61. The zero-order chi connectivity index (χ0) is 16.4. The first-order valence-corrected chi connectivity index (χ1v) is 8.64. The number of hydrogen-bond acceptors (Lipinski definition) is 5. The quantitative estimate of drug-likeness (QED) is 0.853. The Hall–Kier alpha value is -1.40. The van der Waals surface area contributed by atoms with E-state index >= 15 is 0 Å². The van der Waals surface area contributed by atoms with Crippen LogP contribution in [0.25, 0.3) is 0 Å². The largest absolute Gasteiger partial charge is 0.351 e. The van der Waals surface area contributed by atoms with E-state index in [1.807, 2.05) is 6.92 Å². The second-order valence-corrected chi connectivity index (χ2v) is 6.57. The molecule has 23 heavy (non-hydrogen) atoms. The second kappa shape index (κ2) is 6.61. The molecule has 1 aromatic rings. The SMILES string of the molecule is CCC(CC)c1cc(C(=O)N2CCC3(CC2)OC[C@H](C)O3)on1. The fourth-order valence-electron chi connectivity index (χ4n) is 3.46. The van der Waals surface area contributed by atoms with Crippen molar-refractivity contribution < 1.29 is 18.8 Å². The molecule has 128 valence electrons. The Morgan fingerprint density at radius 1 is 1.39 bits per heavy atom. The number of amides is 1. The highest BCUT2D eigenvalue weighted by Crippen LogP contribution is 2.34. The molecule has 1 atom stereocenters. The minimum absolute atomic E-state index is 0.0874. The molecule has 6 nitrogen and oxygen atoms in total. The van der Waals surface area contributed by atoms with Crippen LogP contribution in [0, 0.1) is 0 Å². The monoisotopic (exact) mass is 322 g/mol. The summed E-state index contributed by atoms with van der Waals surface area (Å²) in [7, 11) is 0. The first-order chi connectivity index (χ1) is 11.1. The molecular weight excluding hydrogens is 296 g/mol. The Bertz CT molecular complexity index is 545. The van der Waals surface area contributed by atoms with Crippen LogP contribution in [0.1, 0.15) is 68.6 Å². The van der Waals surface area contributed by atoms with Gasteiger partial charge in [-0.15, -0.1) is 0 Å². The van der Waals surface area contributed by atoms with Gasteiger partial charge in [-0.25, -0.2) is 0 Å². The number of likely N-dealkylation sites (tertiary alicyclic amines) is 1. The van der Waals surface area contributed by atoms with Crippen molar-refractivity contribution in [2.45, 2.75) is 64.3 Å². The van der Waals surface area contributed by atoms with Crippen molar-refractivity contribution in [1.29, 1.82) is 0 Å². The highest BCUT2D eigenvalue weighted by Gasteiger charge is 2.43. The number of carbonyl (C=O) groups is 1. The number of ether oxygens (including phenoxy) is 2. The summed E-state index contributed by atoms with van der Waals surface area (Å²) < 4.78 is 17.0. The van der Waals surface area contributed by atoms with Crippen molar-refractivity contribution in [3.8, 4) is 0 Å². The third kappa shape index (κ3) is 3.28. The predicted molar refractivity (Wildman–Crippen MR) is 84.2 cm³/mol. The lowest BCUT2D eigenvalue weighted by molar-refractivity contribution is -0.190. The van der Waals surface area contributed by atoms with E-state index in [9.17, 15) is 4.79 Å². The molecule has 2 saturated heterocycles. The van der Waals surface area contributed by atoms with E-state index in [4.69, 9.17) is 14.0 Å². The Morgan fingerprint density at radius 3 is 2.65 bits per heavy atom. The van der Waals surface area contributed by atoms with E-state index in [0.29, 0.717) is 44.2 Å². The molecule has 1 amide bonds. The summed E-state index contributed by atoms with van der Waals surface area (Å²) in [5.74, 6) is 0.116. The minimum atomic E-state index is -0.488. The van der Waals surface area contributed by atoms with Gasteiger partial charge in [0.25, 0.3) is 5.91 Å². The van der Waals surface area contributed by atoms with Gasteiger partial charge in [0.15, 0.2) is 5.79 Å². The molecule has 1 spiro atoms. The number of nitrogens with zero attached hydrogens (tertiary/aromatic N) is 2. The van der Waals surface area contributed by atoms with Crippen LogP contribution in [-0.4, -0.2) is 47.6 Å². The predicted octanol–water partition coefficient (Wildman–Crippen LogP) is 2.95. The topological polar surface area (TPSA) is 64.8 Å². The van der Waals surface area contributed by atoms with Crippen LogP contribution in [0.4, 0.5) is 0 Å². The molecule has 0 bridgehead atoms. The average Bonchev–Trinajstić information content (AvgIpc) is 3.17. The number of rotatable bonds is 4. The van der Waals surface area contributed by atoms with Crippen LogP contribution in [-0.2, 0) is 9.47 Å². The zero-order valence-corrected chi connectivity index (χ0v) is 14.2. The van der Waals surface area contributed by atoms with Gasteiger partial charge in [0.05, 0.1) is 18.4 Å². The molecule has 0 saturated carbocycles. The van der Waals surface area contributed by atoms with E-state index < -0.39 is 5.79 Å². The molecule has 3 rings (SSSR count). The van der Waals surface area contributed by atoms with Gasteiger partial charge in [0.2, 0.25) is 5.76 Å². The minimum Gasteiger partial charge on any atom is -0.351 e. The third-order valence-electron chi connectivity index (χ3n) is 4.95. The highest BCUT2D eigenvalue weighted by atomic mass is 16.7. The van der Waals surface area contributed by atoms with Gasteiger partial charge in [-0.2, -0.15) is 0 Å². The molecule has 6 heteroatoms. The Kier molecular flexibility index (Phi) is 4.73. The van der Waals surface area contributed by atoms with E-state index in [1.54, 1.807) is 11.0 Å². The lowest BCUT2D eigenvalue weighted by Gasteiger charge is -2.37. The van der Waals surface area contributed by atoms with Gasteiger partial charge in [-0.1, -0.05) is 19.0 Å². The van der Waals surface area contributed by atoms with Crippen molar-refractivity contribution in [2.24, 2.45) is 0 Å². The summed E-state index contributed by atoms with van der Waals surface area (Å²) >= 11 is 0. The molecule has 0 radical (unpaired) electrons. The molecule has 0 aliphatic carbocycles. The van der Waals surface area contributed by atoms with Crippen LogP contribution >= 0.6 is 0 Å². The van der Waals surface area contributed by atoms with Crippen LogP contribution in [0.5, 0.6) is 0 Å². The highest BCUT2D eigenvalue weighted by molar-refractivity contribution is 5.91. The van der Waals surface area contributed by atoms with Crippen LogP contribution < -0.4 is 0 Å². The average molecular weight is 322 g/mol. The smallest absolute Gasteiger partial charge is 0.292 e. The van der Waals surface area contributed by atoms with E-state index in [0.717, 1.165) is 18.5 Å². The zero-order valence-electron chi connectivity index (χ0n) is 14.2. The normalized spacial score (nSPS) is 23.8. The molecule has 0 aromatic carbocycles. The molecule has 0 unspecified atom stereocenters. The van der Waals surface area contributed by atoms with Gasteiger partial charge >= 0.3 is 0 Å². The van der Waals surface area contributed by atoms with Crippen molar-refractivity contribution in [3.63, 3.8) is 0 Å². The number of aromatic nitrogens is 1. The fourth-order valence-corrected chi connectivity index (χ4v) is 3.46. The second-order valence-electron chi connectivity index (χ2n) is 6.57. The Labute approximate surface area is 137 Å². The van der Waals surface area contributed by atoms with Crippen molar-refractivity contribution in [2.75, 3.05) is 19.7 Å².